The second kappa shape index (κ2) is 6.60. The third-order valence-electron chi connectivity index (χ3n) is 4.35. The second-order valence-electron chi connectivity index (χ2n) is 6.48. The van der Waals surface area contributed by atoms with E-state index in [2.05, 4.69) is 20.7 Å². The molecule has 0 saturated heterocycles. The van der Waals surface area contributed by atoms with Crippen LogP contribution < -0.4 is 10.6 Å². The van der Waals surface area contributed by atoms with Crippen LogP contribution in [-0.2, 0) is 6.54 Å². The molecule has 0 atom stereocenters. The second-order valence-corrected chi connectivity index (χ2v) is 6.48. The van der Waals surface area contributed by atoms with E-state index in [1.54, 1.807) is 10.9 Å². The summed E-state index contributed by atoms with van der Waals surface area (Å²) in [6.07, 6.45) is 4.26. The quantitative estimate of drug-likeness (QED) is 0.777. The van der Waals surface area contributed by atoms with Crippen LogP contribution in [0.25, 0.3) is 5.82 Å². The lowest BCUT2D eigenvalue weighted by molar-refractivity contribution is -0.0290. The maximum atomic E-state index is 11.8. The molecule has 0 aliphatic heterocycles. The minimum absolute atomic E-state index is 0.280. The third kappa shape index (κ3) is 3.73. The Morgan fingerprint density at radius 2 is 2.12 bits per heavy atom. The van der Waals surface area contributed by atoms with Gasteiger partial charge in [0.25, 0.3) is 0 Å². The number of rotatable bonds is 5. The summed E-state index contributed by atoms with van der Waals surface area (Å²) in [7, 11) is 0. The van der Waals surface area contributed by atoms with Gasteiger partial charge in [0.1, 0.15) is 0 Å². The molecule has 0 unspecified atom stereocenters. The molecule has 0 radical (unpaired) electrons. The zero-order valence-corrected chi connectivity index (χ0v) is 14.0. The number of hydrogen-bond acceptors (Lipinski definition) is 4. The highest BCUT2D eigenvalue weighted by Gasteiger charge is 2.34. The van der Waals surface area contributed by atoms with E-state index in [4.69, 9.17) is 0 Å². The van der Waals surface area contributed by atoms with E-state index < -0.39 is 5.60 Å². The van der Waals surface area contributed by atoms with Crippen LogP contribution >= 0.6 is 0 Å². The molecule has 0 spiro atoms. The molecular formula is C17H23N5O2. The standard InChI is InChI=1S/C17H23N5O2/c1-12-8-13(2)22(21-12)15-5-4-14(9-18-15)10-19-16(23)20-11-17(24)6-3-7-17/h4-5,8-9,24H,3,6-7,10-11H2,1-2H3,(H2,19,20,23). The summed E-state index contributed by atoms with van der Waals surface area (Å²) in [5.41, 5.74) is 2.17. The third-order valence-corrected chi connectivity index (χ3v) is 4.35. The van der Waals surface area contributed by atoms with E-state index in [9.17, 15) is 9.90 Å². The molecule has 0 bridgehead atoms. The first kappa shape index (κ1) is 16.4. The average Bonchev–Trinajstić information content (AvgIpc) is 2.88. The summed E-state index contributed by atoms with van der Waals surface area (Å²) in [6.45, 7) is 4.61. The fourth-order valence-electron chi connectivity index (χ4n) is 2.76. The van der Waals surface area contributed by atoms with E-state index in [0.717, 1.165) is 42.0 Å². The highest BCUT2D eigenvalue weighted by atomic mass is 16.3. The van der Waals surface area contributed by atoms with Crippen LogP contribution in [0.1, 0.15) is 36.2 Å². The fourth-order valence-corrected chi connectivity index (χ4v) is 2.76. The molecule has 2 aromatic heterocycles. The summed E-state index contributed by atoms with van der Waals surface area (Å²) in [6, 6.07) is 5.51. The van der Waals surface area contributed by atoms with Gasteiger partial charge in [-0.2, -0.15) is 5.10 Å². The number of hydrogen-bond donors (Lipinski definition) is 3. The van der Waals surface area contributed by atoms with Crippen LogP contribution in [0, 0.1) is 13.8 Å². The van der Waals surface area contributed by atoms with Crippen LogP contribution in [0.4, 0.5) is 4.79 Å². The molecule has 0 aromatic carbocycles. The van der Waals surface area contributed by atoms with Crippen molar-refractivity contribution in [2.75, 3.05) is 6.54 Å². The van der Waals surface area contributed by atoms with Crippen molar-refractivity contribution in [3.8, 4) is 5.82 Å². The van der Waals surface area contributed by atoms with Crippen molar-refractivity contribution in [2.45, 2.75) is 45.3 Å². The Morgan fingerprint density at radius 1 is 1.33 bits per heavy atom. The Kier molecular flexibility index (Phi) is 4.53. The highest BCUT2D eigenvalue weighted by molar-refractivity contribution is 5.73. The van der Waals surface area contributed by atoms with Crippen LogP contribution in [0.15, 0.2) is 24.4 Å². The molecule has 2 amide bonds. The first-order valence-corrected chi connectivity index (χ1v) is 8.18. The molecule has 1 aliphatic carbocycles. The van der Waals surface area contributed by atoms with Crippen molar-refractivity contribution in [3.05, 3.63) is 41.3 Å². The number of aromatic nitrogens is 3. The Balaban J connectivity index is 1.51. The normalized spacial score (nSPS) is 15.6. The molecular weight excluding hydrogens is 306 g/mol. The van der Waals surface area contributed by atoms with E-state index in [1.165, 1.54) is 0 Å². The molecule has 24 heavy (non-hydrogen) atoms. The van der Waals surface area contributed by atoms with Crippen LogP contribution in [0.5, 0.6) is 0 Å². The predicted molar refractivity (Wildman–Crippen MR) is 89.9 cm³/mol. The first-order valence-electron chi connectivity index (χ1n) is 8.18. The lowest BCUT2D eigenvalue weighted by Crippen LogP contribution is -2.49. The predicted octanol–water partition coefficient (Wildman–Crippen LogP) is 1.60. The minimum atomic E-state index is -0.708. The van der Waals surface area contributed by atoms with E-state index in [-0.39, 0.29) is 6.03 Å². The van der Waals surface area contributed by atoms with Gasteiger partial charge in [0, 0.05) is 25.0 Å². The summed E-state index contributed by atoms with van der Waals surface area (Å²) in [5.74, 6) is 0.751. The Morgan fingerprint density at radius 3 is 2.67 bits per heavy atom. The van der Waals surface area contributed by atoms with Gasteiger partial charge in [-0.15, -0.1) is 0 Å². The monoisotopic (exact) mass is 329 g/mol. The Bertz CT molecular complexity index is 719. The number of urea groups is 1. The van der Waals surface area contributed by atoms with E-state index >= 15 is 0 Å². The summed E-state index contributed by atoms with van der Waals surface area (Å²) in [4.78, 5) is 16.2. The maximum Gasteiger partial charge on any atom is 0.315 e. The fraction of sp³-hybridized carbons (Fsp3) is 0.471. The first-order chi connectivity index (χ1) is 11.5. The summed E-state index contributed by atoms with van der Waals surface area (Å²) < 4.78 is 1.79. The van der Waals surface area contributed by atoms with Crippen molar-refractivity contribution < 1.29 is 9.90 Å². The minimum Gasteiger partial charge on any atom is -0.388 e. The van der Waals surface area contributed by atoms with Gasteiger partial charge < -0.3 is 15.7 Å². The number of pyridine rings is 1. The molecule has 3 rings (SSSR count). The number of aliphatic hydroxyl groups is 1. The molecule has 7 nitrogen and oxygen atoms in total. The smallest absolute Gasteiger partial charge is 0.315 e. The van der Waals surface area contributed by atoms with Crippen molar-refractivity contribution in [2.24, 2.45) is 0 Å². The SMILES string of the molecule is Cc1cc(C)n(-c2ccc(CNC(=O)NCC3(O)CCC3)cn2)n1. The lowest BCUT2D eigenvalue weighted by Gasteiger charge is -2.36. The number of carbonyl (C=O) groups is 1. The zero-order chi connectivity index (χ0) is 17.2. The van der Waals surface area contributed by atoms with E-state index in [0.29, 0.717) is 13.1 Å². The summed E-state index contributed by atoms with van der Waals surface area (Å²) in [5, 5.41) is 19.8. The van der Waals surface area contributed by atoms with Crippen LogP contribution in [0.2, 0.25) is 0 Å². The van der Waals surface area contributed by atoms with Gasteiger partial charge in [-0.05, 0) is 50.8 Å². The Labute approximate surface area is 141 Å². The molecule has 1 fully saturated rings. The maximum absolute atomic E-state index is 11.8. The van der Waals surface area contributed by atoms with Crippen molar-refractivity contribution in [1.82, 2.24) is 25.4 Å². The molecule has 1 aliphatic rings. The highest BCUT2D eigenvalue weighted by Crippen LogP contribution is 2.30. The van der Waals surface area contributed by atoms with Gasteiger partial charge in [-0.3, -0.25) is 0 Å². The van der Waals surface area contributed by atoms with Gasteiger partial charge in [0.15, 0.2) is 5.82 Å². The van der Waals surface area contributed by atoms with Crippen molar-refractivity contribution in [3.63, 3.8) is 0 Å². The van der Waals surface area contributed by atoms with Gasteiger partial charge in [0.2, 0.25) is 0 Å². The molecule has 3 N–H and O–H groups in total. The van der Waals surface area contributed by atoms with Crippen molar-refractivity contribution >= 4 is 6.03 Å². The largest absolute Gasteiger partial charge is 0.388 e. The average molecular weight is 329 g/mol. The van der Waals surface area contributed by atoms with Gasteiger partial charge in [-0.1, -0.05) is 6.07 Å². The molecule has 7 heteroatoms. The number of nitrogens with one attached hydrogen (secondary N) is 2. The number of amides is 2. The topological polar surface area (TPSA) is 92.1 Å². The van der Waals surface area contributed by atoms with Crippen LogP contribution in [-0.4, -0.2) is 38.0 Å². The number of carbonyl (C=O) groups excluding carboxylic acids is 1. The van der Waals surface area contributed by atoms with Gasteiger partial charge in [0.05, 0.1) is 11.3 Å². The lowest BCUT2D eigenvalue weighted by atomic mass is 9.80. The van der Waals surface area contributed by atoms with Gasteiger partial charge in [-0.25, -0.2) is 14.5 Å². The van der Waals surface area contributed by atoms with Crippen molar-refractivity contribution in [1.29, 1.82) is 0 Å². The summed E-state index contributed by atoms with van der Waals surface area (Å²) >= 11 is 0. The molecule has 2 aromatic rings. The van der Waals surface area contributed by atoms with Gasteiger partial charge >= 0.3 is 6.03 Å². The van der Waals surface area contributed by atoms with E-state index in [1.807, 2.05) is 32.0 Å². The Hall–Kier alpha value is -2.41. The molecule has 128 valence electrons. The molecule has 2 heterocycles. The number of aryl methyl sites for hydroxylation is 2. The van der Waals surface area contributed by atoms with Crippen LogP contribution in [0.3, 0.4) is 0 Å². The number of nitrogens with zero attached hydrogens (tertiary/aromatic N) is 3. The zero-order valence-electron chi connectivity index (χ0n) is 14.0. The molecule has 1 saturated carbocycles.